The fourth-order valence-corrected chi connectivity index (χ4v) is 11.1. The van der Waals surface area contributed by atoms with Gasteiger partial charge in [0.2, 0.25) is 0 Å². The second kappa shape index (κ2) is 13.2. The van der Waals surface area contributed by atoms with Gasteiger partial charge in [-0.2, -0.15) is 0 Å². The van der Waals surface area contributed by atoms with Crippen LogP contribution in [-0.2, 0) is 10.8 Å². The second-order valence-corrected chi connectivity index (χ2v) is 17.1. The lowest BCUT2D eigenvalue weighted by Gasteiger charge is -2.40. The van der Waals surface area contributed by atoms with E-state index in [1.165, 1.54) is 89.3 Å². The number of ether oxygens (including phenoxy) is 1. The van der Waals surface area contributed by atoms with Gasteiger partial charge < -0.3 is 9.64 Å². The van der Waals surface area contributed by atoms with Crippen LogP contribution in [0.4, 0.5) is 11.4 Å². The average Bonchev–Trinajstić information content (AvgIpc) is 3.73. The monoisotopic (exact) mass is 769 g/mol. The number of anilines is 2. The third-order valence-electron chi connectivity index (χ3n) is 13.6. The van der Waals surface area contributed by atoms with Crippen molar-refractivity contribution >= 4 is 16.9 Å². The first-order chi connectivity index (χ1) is 29.5. The Morgan fingerprint density at radius 1 is 0.483 bits per heavy atom. The highest BCUT2D eigenvalue weighted by molar-refractivity contribution is 5.95. The zero-order chi connectivity index (χ0) is 40.0. The quantitative estimate of drug-likeness (QED) is 0.173. The van der Waals surface area contributed by atoms with Gasteiger partial charge in [-0.05, 0) is 98.0 Å². The maximum Gasteiger partial charge on any atom is 0.132 e. The SMILES string of the molecule is CC1(C)c2ccccc2-c2ccc(N(c3ccccc3-c3ccccc3)C3C=C(c4cccc5c4C4(c6ccccc6Oc6ccccc64)c4ccccc4-5)C=CC3)cc21. The Hall–Kier alpha value is -7.16. The molecule has 0 bridgehead atoms. The minimum atomic E-state index is -0.560. The second-order valence-electron chi connectivity index (χ2n) is 17.1. The molecule has 0 aromatic heterocycles. The van der Waals surface area contributed by atoms with Crippen molar-refractivity contribution in [2.45, 2.75) is 37.1 Å². The topological polar surface area (TPSA) is 12.5 Å². The summed E-state index contributed by atoms with van der Waals surface area (Å²) in [5.41, 5.74) is 19.6. The van der Waals surface area contributed by atoms with Gasteiger partial charge in [-0.1, -0.05) is 190 Å². The maximum absolute atomic E-state index is 6.71. The molecule has 0 radical (unpaired) electrons. The lowest BCUT2D eigenvalue weighted by molar-refractivity contribution is 0.436. The minimum Gasteiger partial charge on any atom is -0.457 e. The molecule has 4 aliphatic rings. The number of nitrogens with zero attached hydrogens (tertiary/aromatic N) is 1. The minimum absolute atomic E-state index is 0.0321. The van der Waals surface area contributed by atoms with Crippen molar-refractivity contribution in [1.82, 2.24) is 0 Å². The molecular weight excluding hydrogens is 727 g/mol. The number of rotatable bonds is 5. The highest BCUT2D eigenvalue weighted by Gasteiger charge is 2.52. The van der Waals surface area contributed by atoms with E-state index in [0.29, 0.717) is 0 Å². The van der Waals surface area contributed by atoms with Crippen LogP contribution >= 0.6 is 0 Å². The molecule has 1 spiro atoms. The summed E-state index contributed by atoms with van der Waals surface area (Å²) in [6, 6.07) is 69.2. The standard InChI is InChI=1S/C58H43NO/c1-57(2)48-27-9-6-23-44(48)46-35-34-41(37-52(46)57)59(53-31-13-8-22-42(53)38-18-4-3-5-19-38)40-21-16-20-39(36-40)43-25-17-26-47-45-24-7-10-28-49(45)58(56(43)47)50-29-11-14-32-54(50)60-55-33-15-12-30-51(55)58/h3-20,22-37,40H,21H2,1-2H3. The Morgan fingerprint density at radius 2 is 1.05 bits per heavy atom. The number of fused-ring (bicyclic) bond motifs is 12. The van der Waals surface area contributed by atoms with E-state index < -0.39 is 5.41 Å². The molecule has 286 valence electrons. The molecule has 3 aliphatic carbocycles. The lowest BCUT2D eigenvalue weighted by atomic mass is 9.64. The van der Waals surface area contributed by atoms with Gasteiger partial charge in [0.15, 0.2) is 0 Å². The number of para-hydroxylation sites is 3. The lowest BCUT2D eigenvalue weighted by Crippen LogP contribution is -2.33. The predicted molar refractivity (Wildman–Crippen MR) is 247 cm³/mol. The highest BCUT2D eigenvalue weighted by atomic mass is 16.5. The fourth-order valence-electron chi connectivity index (χ4n) is 11.1. The van der Waals surface area contributed by atoms with Crippen LogP contribution in [0.25, 0.3) is 39.0 Å². The van der Waals surface area contributed by atoms with Gasteiger partial charge in [-0.25, -0.2) is 0 Å². The molecule has 0 saturated carbocycles. The highest BCUT2D eigenvalue weighted by Crippen LogP contribution is 2.63. The smallest absolute Gasteiger partial charge is 0.132 e. The fraction of sp³-hybridized carbons (Fsp3) is 0.103. The largest absolute Gasteiger partial charge is 0.457 e. The van der Waals surface area contributed by atoms with Crippen molar-refractivity contribution in [2.24, 2.45) is 0 Å². The van der Waals surface area contributed by atoms with E-state index in [0.717, 1.165) is 17.9 Å². The van der Waals surface area contributed by atoms with Gasteiger partial charge in [0.1, 0.15) is 11.5 Å². The first-order valence-electron chi connectivity index (χ1n) is 21.2. The van der Waals surface area contributed by atoms with E-state index in [2.05, 4.69) is 225 Å². The maximum atomic E-state index is 6.71. The van der Waals surface area contributed by atoms with Gasteiger partial charge in [0.05, 0.1) is 11.5 Å². The number of allylic oxidation sites excluding steroid dienone is 2. The molecular formula is C58H43NO. The number of hydrogen-bond donors (Lipinski definition) is 0. The van der Waals surface area contributed by atoms with Crippen molar-refractivity contribution < 1.29 is 4.74 Å². The molecule has 1 unspecified atom stereocenters. The van der Waals surface area contributed by atoms with Crippen LogP contribution in [0.3, 0.4) is 0 Å². The van der Waals surface area contributed by atoms with E-state index >= 15 is 0 Å². The van der Waals surface area contributed by atoms with E-state index in [4.69, 9.17) is 4.74 Å². The molecule has 0 saturated heterocycles. The summed E-state index contributed by atoms with van der Waals surface area (Å²) in [6.07, 6.45) is 8.17. The summed E-state index contributed by atoms with van der Waals surface area (Å²) in [5.74, 6) is 1.81. The Bertz CT molecular complexity index is 3050. The Morgan fingerprint density at radius 3 is 1.80 bits per heavy atom. The van der Waals surface area contributed by atoms with Crippen LogP contribution in [0.5, 0.6) is 11.5 Å². The van der Waals surface area contributed by atoms with Gasteiger partial charge in [0, 0.05) is 33.5 Å². The number of hydrogen-bond acceptors (Lipinski definition) is 2. The van der Waals surface area contributed by atoms with Crippen LogP contribution in [-0.4, -0.2) is 6.04 Å². The molecule has 2 nitrogen and oxygen atoms in total. The molecule has 60 heavy (non-hydrogen) atoms. The summed E-state index contributed by atoms with van der Waals surface area (Å²) in [7, 11) is 0. The van der Waals surface area contributed by atoms with Crippen molar-refractivity contribution in [3.05, 3.63) is 245 Å². The zero-order valence-corrected chi connectivity index (χ0v) is 33.8. The molecule has 1 aliphatic heterocycles. The van der Waals surface area contributed by atoms with Crippen molar-refractivity contribution in [3.8, 4) is 44.9 Å². The predicted octanol–water partition coefficient (Wildman–Crippen LogP) is 14.7. The molecule has 1 atom stereocenters. The number of benzene rings is 8. The van der Waals surface area contributed by atoms with Crippen LogP contribution in [0.2, 0.25) is 0 Å². The molecule has 0 fully saturated rings. The molecule has 0 amide bonds. The summed E-state index contributed by atoms with van der Waals surface area (Å²) in [6.45, 7) is 4.75. The third kappa shape index (κ3) is 4.88. The third-order valence-corrected chi connectivity index (χ3v) is 13.6. The van der Waals surface area contributed by atoms with Gasteiger partial charge in [-0.15, -0.1) is 0 Å². The van der Waals surface area contributed by atoms with Crippen LogP contribution in [0, 0.1) is 0 Å². The van der Waals surface area contributed by atoms with Crippen LogP contribution in [0.1, 0.15) is 59.2 Å². The summed E-state index contributed by atoms with van der Waals surface area (Å²) < 4.78 is 6.71. The van der Waals surface area contributed by atoms with Crippen molar-refractivity contribution in [1.29, 1.82) is 0 Å². The summed E-state index contributed by atoms with van der Waals surface area (Å²) >= 11 is 0. The van der Waals surface area contributed by atoms with E-state index in [-0.39, 0.29) is 11.5 Å². The Balaban J connectivity index is 1.08. The molecule has 8 aromatic rings. The average molecular weight is 770 g/mol. The van der Waals surface area contributed by atoms with Crippen LogP contribution < -0.4 is 9.64 Å². The zero-order valence-electron chi connectivity index (χ0n) is 33.8. The Labute approximate surface area is 352 Å². The molecule has 2 heteroatoms. The summed E-state index contributed by atoms with van der Waals surface area (Å²) in [4.78, 5) is 2.61. The van der Waals surface area contributed by atoms with Crippen molar-refractivity contribution in [3.63, 3.8) is 0 Å². The molecule has 12 rings (SSSR count). The summed E-state index contributed by atoms with van der Waals surface area (Å²) in [5, 5.41) is 0. The van der Waals surface area contributed by atoms with E-state index in [1.807, 2.05) is 0 Å². The van der Waals surface area contributed by atoms with Gasteiger partial charge >= 0.3 is 0 Å². The first-order valence-corrected chi connectivity index (χ1v) is 21.2. The molecule has 1 heterocycles. The van der Waals surface area contributed by atoms with Crippen LogP contribution in [0.15, 0.2) is 206 Å². The Kier molecular flexibility index (Phi) is 7.65. The van der Waals surface area contributed by atoms with E-state index in [1.54, 1.807) is 0 Å². The van der Waals surface area contributed by atoms with Crippen molar-refractivity contribution in [2.75, 3.05) is 4.90 Å². The molecule has 0 N–H and O–H groups in total. The normalized spacial score (nSPS) is 16.7. The van der Waals surface area contributed by atoms with Gasteiger partial charge in [0.25, 0.3) is 0 Å². The first kappa shape index (κ1) is 34.8. The van der Waals surface area contributed by atoms with E-state index in [9.17, 15) is 0 Å². The van der Waals surface area contributed by atoms with Gasteiger partial charge in [-0.3, -0.25) is 0 Å². The molecule has 8 aromatic carbocycles.